The third-order valence-corrected chi connectivity index (χ3v) is 6.11. The molecule has 0 aromatic carbocycles. The summed E-state index contributed by atoms with van der Waals surface area (Å²) in [5, 5.41) is 9.91. The topological polar surface area (TPSA) is 99.0 Å². The fraction of sp³-hybridized carbons (Fsp3) is 0.261. The first kappa shape index (κ1) is 20.3. The van der Waals surface area contributed by atoms with E-state index in [1.54, 1.807) is 47.6 Å². The number of nitrogens with one attached hydrogen (secondary N) is 1. The van der Waals surface area contributed by atoms with Crippen molar-refractivity contribution in [2.24, 2.45) is 0 Å². The van der Waals surface area contributed by atoms with Crippen LogP contribution in [0.4, 0.5) is 0 Å². The summed E-state index contributed by atoms with van der Waals surface area (Å²) in [7, 11) is 0. The highest BCUT2D eigenvalue weighted by Crippen LogP contribution is 2.26. The van der Waals surface area contributed by atoms with Crippen LogP contribution in [-0.2, 0) is 16.1 Å². The molecule has 0 bridgehead atoms. The van der Waals surface area contributed by atoms with E-state index in [-0.39, 0.29) is 11.9 Å². The molecule has 5 rings (SSSR count). The molecule has 0 saturated heterocycles. The third-order valence-electron chi connectivity index (χ3n) is 5.25. The summed E-state index contributed by atoms with van der Waals surface area (Å²) in [4.78, 5) is 35.4. The van der Waals surface area contributed by atoms with Crippen LogP contribution in [0.25, 0.3) is 22.3 Å². The maximum absolute atomic E-state index is 13.1. The van der Waals surface area contributed by atoms with Gasteiger partial charge in [0.1, 0.15) is 0 Å². The Morgan fingerprint density at radius 1 is 1.28 bits per heavy atom. The number of pyridine rings is 2. The average Bonchev–Trinajstić information content (AvgIpc) is 3.30. The van der Waals surface area contributed by atoms with Gasteiger partial charge in [-0.3, -0.25) is 9.78 Å². The van der Waals surface area contributed by atoms with Gasteiger partial charge >= 0.3 is 5.97 Å². The van der Waals surface area contributed by atoms with Crippen LogP contribution in [0.15, 0.2) is 54.3 Å². The van der Waals surface area contributed by atoms with Crippen molar-refractivity contribution in [3.05, 3.63) is 64.7 Å². The standard InChI is InChI=1S/C23H21N5O3S/c1-14(22(29)26-16-6-7-16)31-23(30)18-10-20(15-4-2-8-24-11-15)27-21-19(18)12-25-28(21)13-17-5-3-9-32-17/h2-5,8-12,14,16H,6-7,13H2,1H3,(H,26,29)/t14-/m0/s1. The number of carbonyl (C=O) groups is 2. The van der Waals surface area contributed by atoms with Gasteiger partial charge in [-0.15, -0.1) is 11.3 Å². The SMILES string of the molecule is C[C@H](OC(=O)c1cc(-c2cccnc2)nc2c1cnn2Cc1cccs1)C(=O)NC1CC1. The molecule has 0 radical (unpaired) electrons. The zero-order chi connectivity index (χ0) is 22.1. The van der Waals surface area contributed by atoms with Crippen LogP contribution in [0.1, 0.15) is 35.0 Å². The summed E-state index contributed by atoms with van der Waals surface area (Å²) in [5.74, 6) is -0.872. The van der Waals surface area contributed by atoms with E-state index in [1.807, 2.05) is 29.6 Å². The lowest BCUT2D eigenvalue weighted by Crippen LogP contribution is -2.37. The highest BCUT2D eigenvalue weighted by atomic mass is 32.1. The highest BCUT2D eigenvalue weighted by molar-refractivity contribution is 7.09. The van der Waals surface area contributed by atoms with Crippen LogP contribution < -0.4 is 5.32 Å². The normalized spacial score (nSPS) is 14.3. The van der Waals surface area contributed by atoms with Crippen LogP contribution in [0.5, 0.6) is 0 Å². The predicted octanol–water partition coefficient (Wildman–Crippen LogP) is 3.43. The fourth-order valence-corrected chi connectivity index (χ4v) is 4.05. The molecule has 0 aliphatic heterocycles. The Labute approximate surface area is 188 Å². The Hall–Kier alpha value is -3.59. The van der Waals surface area contributed by atoms with Crippen molar-refractivity contribution in [2.45, 2.75) is 38.5 Å². The Morgan fingerprint density at radius 3 is 2.88 bits per heavy atom. The molecule has 162 valence electrons. The number of ether oxygens (including phenoxy) is 1. The molecule has 9 heteroatoms. The highest BCUT2D eigenvalue weighted by Gasteiger charge is 2.28. The number of amides is 1. The smallest absolute Gasteiger partial charge is 0.339 e. The van der Waals surface area contributed by atoms with Crippen LogP contribution in [-0.4, -0.2) is 43.8 Å². The number of hydrogen-bond donors (Lipinski definition) is 1. The second-order valence-electron chi connectivity index (χ2n) is 7.75. The first-order chi connectivity index (χ1) is 15.6. The molecule has 4 aromatic rings. The Morgan fingerprint density at radius 2 is 2.16 bits per heavy atom. The molecular weight excluding hydrogens is 426 g/mol. The summed E-state index contributed by atoms with van der Waals surface area (Å²) >= 11 is 1.63. The molecule has 1 aliphatic carbocycles. The van der Waals surface area contributed by atoms with E-state index in [9.17, 15) is 9.59 Å². The van der Waals surface area contributed by atoms with Gasteiger partial charge in [-0.05, 0) is 49.4 Å². The Kier molecular flexibility index (Phi) is 5.40. The van der Waals surface area contributed by atoms with Crippen molar-refractivity contribution in [3.63, 3.8) is 0 Å². The number of nitrogens with zero attached hydrogens (tertiary/aromatic N) is 4. The average molecular weight is 448 g/mol. The molecule has 0 spiro atoms. The zero-order valence-electron chi connectivity index (χ0n) is 17.4. The van der Waals surface area contributed by atoms with E-state index in [2.05, 4.69) is 15.4 Å². The molecule has 1 aliphatic rings. The number of thiophene rings is 1. The largest absolute Gasteiger partial charge is 0.449 e. The quantitative estimate of drug-likeness (QED) is 0.436. The van der Waals surface area contributed by atoms with E-state index in [4.69, 9.17) is 9.72 Å². The van der Waals surface area contributed by atoms with Gasteiger partial charge in [0.25, 0.3) is 5.91 Å². The van der Waals surface area contributed by atoms with Crippen LogP contribution in [0.3, 0.4) is 0 Å². The van der Waals surface area contributed by atoms with Crippen molar-refractivity contribution in [1.29, 1.82) is 0 Å². The van der Waals surface area contributed by atoms with Crippen molar-refractivity contribution < 1.29 is 14.3 Å². The summed E-state index contributed by atoms with van der Waals surface area (Å²) in [6, 6.07) is 9.57. The minimum absolute atomic E-state index is 0.198. The van der Waals surface area contributed by atoms with Gasteiger partial charge in [-0.2, -0.15) is 5.10 Å². The van der Waals surface area contributed by atoms with E-state index in [0.29, 0.717) is 28.8 Å². The molecule has 1 N–H and O–H groups in total. The minimum Gasteiger partial charge on any atom is -0.449 e. The van der Waals surface area contributed by atoms with Gasteiger partial charge in [-0.1, -0.05) is 6.07 Å². The van der Waals surface area contributed by atoms with Gasteiger partial charge in [0.05, 0.1) is 29.4 Å². The van der Waals surface area contributed by atoms with E-state index >= 15 is 0 Å². The van der Waals surface area contributed by atoms with Gasteiger partial charge in [0.15, 0.2) is 11.8 Å². The summed E-state index contributed by atoms with van der Waals surface area (Å²) in [5.41, 5.74) is 2.24. The molecule has 1 fully saturated rings. The molecule has 1 saturated carbocycles. The number of hydrogen-bond acceptors (Lipinski definition) is 7. The van der Waals surface area contributed by atoms with Gasteiger partial charge < -0.3 is 10.1 Å². The molecule has 1 amide bonds. The lowest BCUT2D eigenvalue weighted by molar-refractivity contribution is -0.129. The second kappa shape index (κ2) is 8.51. The summed E-state index contributed by atoms with van der Waals surface area (Å²) in [6.07, 6.45) is 6.03. The van der Waals surface area contributed by atoms with Gasteiger partial charge in [0, 0.05) is 28.9 Å². The molecule has 32 heavy (non-hydrogen) atoms. The second-order valence-corrected chi connectivity index (χ2v) is 8.78. The molecule has 4 aromatic heterocycles. The molecule has 1 atom stereocenters. The van der Waals surface area contributed by atoms with Crippen LogP contribution >= 0.6 is 11.3 Å². The van der Waals surface area contributed by atoms with Gasteiger partial charge in [0.2, 0.25) is 0 Å². The monoisotopic (exact) mass is 447 g/mol. The van der Waals surface area contributed by atoms with Gasteiger partial charge in [-0.25, -0.2) is 14.5 Å². The van der Waals surface area contributed by atoms with E-state index in [0.717, 1.165) is 23.3 Å². The van der Waals surface area contributed by atoms with Crippen LogP contribution in [0, 0.1) is 0 Å². The van der Waals surface area contributed by atoms with E-state index in [1.165, 1.54) is 0 Å². The summed E-state index contributed by atoms with van der Waals surface area (Å²) < 4.78 is 7.28. The zero-order valence-corrected chi connectivity index (χ0v) is 18.2. The number of rotatable bonds is 7. The Balaban J connectivity index is 1.52. The van der Waals surface area contributed by atoms with Crippen LogP contribution in [0.2, 0.25) is 0 Å². The van der Waals surface area contributed by atoms with Crippen molar-refractivity contribution in [2.75, 3.05) is 0 Å². The van der Waals surface area contributed by atoms with Crippen molar-refractivity contribution in [3.8, 4) is 11.3 Å². The predicted molar refractivity (Wildman–Crippen MR) is 120 cm³/mol. The maximum atomic E-state index is 13.1. The lowest BCUT2D eigenvalue weighted by atomic mass is 10.1. The third kappa shape index (κ3) is 4.24. The molecular formula is C23H21N5O3S. The fourth-order valence-electron chi connectivity index (χ4n) is 3.37. The minimum atomic E-state index is -0.894. The first-order valence-corrected chi connectivity index (χ1v) is 11.3. The van der Waals surface area contributed by atoms with E-state index < -0.39 is 12.1 Å². The number of carbonyl (C=O) groups excluding carboxylic acids is 2. The number of fused-ring (bicyclic) bond motifs is 1. The Bertz CT molecular complexity index is 1270. The van der Waals surface area contributed by atoms with Crippen molar-refractivity contribution in [1.82, 2.24) is 25.1 Å². The first-order valence-electron chi connectivity index (χ1n) is 10.4. The molecule has 0 unspecified atom stereocenters. The molecule has 4 heterocycles. The number of esters is 1. The maximum Gasteiger partial charge on any atom is 0.339 e. The number of aromatic nitrogens is 4. The summed E-state index contributed by atoms with van der Waals surface area (Å²) in [6.45, 7) is 2.12. The molecule has 8 nitrogen and oxygen atoms in total. The van der Waals surface area contributed by atoms with Crippen molar-refractivity contribution >= 4 is 34.2 Å². The lowest BCUT2D eigenvalue weighted by Gasteiger charge is -2.14.